The van der Waals surface area contributed by atoms with E-state index in [4.69, 9.17) is 11.6 Å². The van der Waals surface area contributed by atoms with Crippen LogP contribution in [0.25, 0.3) is 0 Å². The first kappa shape index (κ1) is 14.4. The highest BCUT2D eigenvalue weighted by molar-refractivity contribution is 6.30. The average molecular weight is 282 g/mol. The maximum atomic E-state index is 12.1. The van der Waals surface area contributed by atoms with E-state index in [-0.39, 0.29) is 11.9 Å². The van der Waals surface area contributed by atoms with Gasteiger partial charge in [0.05, 0.1) is 6.04 Å². The Balaban J connectivity index is 1.84. The fourth-order valence-electron chi connectivity index (χ4n) is 2.64. The Hall–Kier alpha value is -1.06. The Morgan fingerprint density at radius 3 is 2.79 bits per heavy atom. The van der Waals surface area contributed by atoms with E-state index in [1.165, 1.54) is 32.1 Å². The van der Waals surface area contributed by atoms with Gasteiger partial charge in [-0.2, -0.15) is 0 Å². The summed E-state index contributed by atoms with van der Waals surface area (Å²) in [7, 11) is 0. The number of carbonyl (C=O) groups is 1. The summed E-state index contributed by atoms with van der Waals surface area (Å²) < 4.78 is 0. The molecule has 19 heavy (non-hydrogen) atoms. The molecule has 0 heterocycles. The molecule has 0 bridgehead atoms. The van der Waals surface area contributed by atoms with E-state index in [0.29, 0.717) is 11.1 Å². The minimum atomic E-state index is -0.0536. The van der Waals surface area contributed by atoms with Gasteiger partial charge in [-0.25, -0.2) is 0 Å². The number of benzene rings is 1. The molecule has 1 fully saturated rings. The molecule has 0 aliphatic heterocycles. The summed E-state index contributed by atoms with van der Waals surface area (Å²) in [6.07, 6.45) is 6.39. The van der Waals surface area contributed by atoms with Crippen LogP contribution in [-0.4, -0.2) is 18.0 Å². The number of rotatable bonds is 4. The van der Waals surface area contributed by atoms with E-state index in [1.807, 2.05) is 19.1 Å². The van der Waals surface area contributed by atoms with Gasteiger partial charge in [-0.15, -0.1) is 0 Å². The molecule has 0 aromatic heterocycles. The lowest BCUT2D eigenvalue weighted by Gasteiger charge is -2.23. The Kier molecular flexibility index (Phi) is 5.23. The molecule has 1 aromatic carbocycles. The first-order valence-electron chi connectivity index (χ1n) is 7.06. The molecule has 104 valence electrons. The second-order valence-corrected chi connectivity index (χ2v) is 5.82. The lowest BCUT2D eigenvalue weighted by molar-refractivity contribution is -0.708. The van der Waals surface area contributed by atoms with Gasteiger partial charge in [-0.1, -0.05) is 24.1 Å². The van der Waals surface area contributed by atoms with Crippen molar-refractivity contribution < 1.29 is 10.1 Å². The third kappa shape index (κ3) is 4.51. The van der Waals surface area contributed by atoms with Crippen molar-refractivity contribution in [3.63, 3.8) is 0 Å². The first-order valence-corrected chi connectivity index (χ1v) is 7.44. The fraction of sp³-hybridized carbons (Fsp3) is 0.533. The summed E-state index contributed by atoms with van der Waals surface area (Å²) in [4.78, 5) is 12.1. The zero-order valence-electron chi connectivity index (χ0n) is 11.4. The van der Waals surface area contributed by atoms with Crippen molar-refractivity contribution in [3.05, 3.63) is 29.3 Å². The number of anilines is 1. The zero-order valence-corrected chi connectivity index (χ0v) is 12.1. The minimum absolute atomic E-state index is 0.0489. The minimum Gasteiger partial charge on any atom is -0.334 e. The van der Waals surface area contributed by atoms with Crippen molar-refractivity contribution in [2.75, 3.05) is 5.32 Å². The molecule has 4 heteroatoms. The van der Waals surface area contributed by atoms with E-state index < -0.39 is 0 Å². The van der Waals surface area contributed by atoms with Gasteiger partial charge in [0.15, 0.2) is 6.04 Å². The number of hydrogen-bond donors (Lipinski definition) is 2. The molecule has 1 saturated carbocycles. The molecular formula is C15H22ClN2O+. The van der Waals surface area contributed by atoms with E-state index in [1.54, 1.807) is 12.1 Å². The quantitative estimate of drug-likeness (QED) is 0.875. The SMILES string of the molecule is C[C@@H]([NH2+]C1CCCCC1)C(=O)Nc1cccc(Cl)c1. The van der Waals surface area contributed by atoms with Gasteiger partial charge in [0.2, 0.25) is 0 Å². The largest absolute Gasteiger partial charge is 0.334 e. The number of hydrogen-bond acceptors (Lipinski definition) is 1. The van der Waals surface area contributed by atoms with Crippen LogP contribution in [0.1, 0.15) is 39.0 Å². The van der Waals surface area contributed by atoms with Gasteiger partial charge >= 0.3 is 0 Å². The van der Waals surface area contributed by atoms with Crippen molar-refractivity contribution >= 4 is 23.2 Å². The number of quaternary nitrogens is 1. The van der Waals surface area contributed by atoms with E-state index in [2.05, 4.69) is 10.6 Å². The van der Waals surface area contributed by atoms with Gasteiger partial charge in [0, 0.05) is 10.7 Å². The highest BCUT2D eigenvalue weighted by Gasteiger charge is 2.23. The lowest BCUT2D eigenvalue weighted by atomic mass is 9.95. The van der Waals surface area contributed by atoms with Crippen LogP contribution >= 0.6 is 11.6 Å². The standard InChI is InChI=1S/C15H21ClN2O/c1-11(17-13-7-3-2-4-8-13)15(19)18-14-9-5-6-12(16)10-14/h5-6,9-11,13,17H,2-4,7-8H2,1H3,(H,18,19)/p+1/t11-/m1/s1. The summed E-state index contributed by atoms with van der Waals surface area (Å²) in [5.41, 5.74) is 0.765. The van der Waals surface area contributed by atoms with Gasteiger partial charge in [-0.3, -0.25) is 4.79 Å². The first-order chi connectivity index (χ1) is 9.15. The van der Waals surface area contributed by atoms with Crippen molar-refractivity contribution in [2.24, 2.45) is 0 Å². The van der Waals surface area contributed by atoms with Crippen LogP contribution in [0.3, 0.4) is 0 Å². The van der Waals surface area contributed by atoms with Crippen LogP contribution < -0.4 is 10.6 Å². The molecule has 0 unspecified atom stereocenters. The lowest BCUT2D eigenvalue weighted by Crippen LogP contribution is -2.96. The molecule has 1 aromatic rings. The van der Waals surface area contributed by atoms with Crippen molar-refractivity contribution in [2.45, 2.75) is 51.1 Å². The van der Waals surface area contributed by atoms with Crippen LogP contribution in [0.5, 0.6) is 0 Å². The average Bonchev–Trinajstić information content (AvgIpc) is 2.40. The predicted molar refractivity (Wildman–Crippen MR) is 78.3 cm³/mol. The van der Waals surface area contributed by atoms with Crippen molar-refractivity contribution in [1.29, 1.82) is 0 Å². The van der Waals surface area contributed by atoms with Crippen LogP contribution in [-0.2, 0) is 4.79 Å². The molecule has 0 spiro atoms. The highest BCUT2D eigenvalue weighted by Crippen LogP contribution is 2.16. The van der Waals surface area contributed by atoms with Gasteiger partial charge in [-0.05, 0) is 50.8 Å². The summed E-state index contributed by atoms with van der Waals surface area (Å²) in [5, 5.41) is 5.77. The molecule has 0 radical (unpaired) electrons. The Labute approximate surface area is 119 Å². The fourth-order valence-corrected chi connectivity index (χ4v) is 2.83. The Morgan fingerprint density at radius 1 is 1.37 bits per heavy atom. The van der Waals surface area contributed by atoms with Gasteiger partial charge in [0.25, 0.3) is 5.91 Å². The highest BCUT2D eigenvalue weighted by atomic mass is 35.5. The number of halogens is 1. The molecule has 1 aliphatic rings. The molecule has 1 atom stereocenters. The maximum absolute atomic E-state index is 12.1. The Morgan fingerprint density at radius 2 is 2.11 bits per heavy atom. The van der Waals surface area contributed by atoms with E-state index in [9.17, 15) is 4.79 Å². The second-order valence-electron chi connectivity index (χ2n) is 5.38. The molecule has 3 nitrogen and oxygen atoms in total. The molecule has 1 aliphatic carbocycles. The summed E-state index contributed by atoms with van der Waals surface area (Å²) in [6, 6.07) is 7.82. The summed E-state index contributed by atoms with van der Waals surface area (Å²) in [6.45, 7) is 1.97. The number of carbonyl (C=O) groups excluding carboxylic acids is 1. The molecule has 3 N–H and O–H groups in total. The zero-order chi connectivity index (χ0) is 13.7. The topological polar surface area (TPSA) is 45.7 Å². The molecular weight excluding hydrogens is 260 g/mol. The van der Waals surface area contributed by atoms with Crippen molar-refractivity contribution in [3.8, 4) is 0 Å². The third-order valence-corrected chi connectivity index (χ3v) is 3.95. The van der Waals surface area contributed by atoms with Crippen LogP contribution in [0.2, 0.25) is 5.02 Å². The van der Waals surface area contributed by atoms with Crippen LogP contribution in [0, 0.1) is 0 Å². The third-order valence-electron chi connectivity index (χ3n) is 3.72. The number of amides is 1. The van der Waals surface area contributed by atoms with Crippen LogP contribution in [0.15, 0.2) is 24.3 Å². The predicted octanol–water partition coefficient (Wildman–Crippen LogP) is 2.56. The monoisotopic (exact) mass is 281 g/mol. The number of nitrogens with one attached hydrogen (secondary N) is 1. The number of nitrogens with two attached hydrogens (primary N) is 1. The van der Waals surface area contributed by atoms with Crippen LogP contribution in [0.4, 0.5) is 5.69 Å². The molecule has 1 amide bonds. The van der Waals surface area contributed by atoms with Crippen molar-refractivity contribution in [1.82, 2.24) is 0 Å². The van der Waals surface area contributed by atoms with Gasteiger partial charge < -0.3 is 10.6 Å². The van der Waals surface area contributed by atoms with E-state index in [0.717, 1.165) is 5.69 Å². The van der Waals surface area contributed by atoms with Gasteiger partial charge in [0.1, 0.15) is 0 Å². The summed E-state index contributed by atoms with van der Waals surface area (Å²) >= 11 is 5.90. The normalized spacial score (nSPS) is 18.0. The maximum Gasteiger partial charge on any atom is 0.282 e. The second kappa shape index (κ2) is 6.92. The molecule has 2 rings (SSSR count). The Bertz CT molecular complexity index is 430. The smallest absolute Gasteiger partial charge is 0.282 e. The summed E-state index contributed by atoms with van der Waals surface area (Å²) in [5.74, 6) is 0.0489. The molecule has 0 saturated heterocycles. The van der Waals surface area contributed by atoms with E-state index >= 15 is 0 Å².